The molecule has 0 aromatic rings. The number of hydrogen-bond donors (Lipinski definition) is 2. The summed E-state index contributed by atoms with van der Waals surface area (Å²) in [5.74, 6) is 0.466. The van der Waals surface area contributed by atoms with Gasteiger partial charge >= 0.3 is 6.09 Å². The van der Waals surface area contributed by atoms with E-state index < -0.39 is 5.60 Å². The van der Waals surface area contributed by atoms with E-state index in [1.807, 2.05) is 20.8 Å². The third-order valence-corrected chi connectivity index (χ3v) is 4.38. The van der Waals surface area contributed by atoms with Crippen LogP contribution in [0.4, 0.5) is 4.79 Å². The van der Waals surface area contributed by atoms with Crippen molar-refractivity contribution in [2.75, 3.05) is 19.6 Å². The van der Waals surface area contributed by atoms with Crippen LogP contribution >= 0.6 is 0 Å². The van der Waals surface area contributed by atoms with E-state index in [0.717, 1.165) is 13.1 Å². The van der Waals surface area contributed by atoms with Crippen LogP contribution in [-0.4, -0.2) is 54.4 Å². The molecule has 1 unspecified atom stereocenters. The third kappa shape index (κ3) is 8.02. The summed E-state index contributed by atoms with van der Waals surface area (Å²) in [7, 11) is 0. The molecule has 0 radical (unpaired) electrons. The van der Waals surface area contributed by atoms with Crippen LogP contribution in [0, 0.1) is 5.92 Å². The standard InChI is InChI=1S/C18H37N3O2/c1-13(2)16(12-19-17(22)23-18(5,6)7)20-15-8-10-21(11-9-15)14(3)4/h13-16,20H,8-12H2,1-7H3,(H,19,22). The molecule has 1 saturated heterocycles. The maximum absolute atomic E-state index is 11.8. The van der Waals surface area contributed by atoms with Crippen LogP contribution < -0.4 is 10.6 Å². The van der Waals surface area contributed by atoms with Gasteiger partial charge in [0.25, 0.3) is 0 Å². The Kier molecular flexibility index (Phi) is 7.81. The number of piperidine rings is 1. The van der Waals surface area contributed by atoms with Crippen molar-refractivity contribution in [1.82, 2.24) is 15.5 Å². The minimum absolute atomic E-state index is 0.276. The van der Waals surface area contributed by atoms with Gasteiger partial charge < -0.3 is 20.3 Å². The van der Waals surface area contributed by atoms with E-state index >= 15 is 0 Å². The van der Waals surface area contributed by atoms with Gasteiger partial charge in [0, 0.05) is 24.7 Å². The van der Waals surface area contributed by atoms with Crippen LogP contribution in [0.15, 0.2) is 0 Å². The van der Waals surface area contributed by atoms with Gasteiger partial charge in [-0.15, -0.1) is 0 Å². The van der Waals surface area contributed by atoms with Gasteiger partial charge in [0.1, 0.15) is 5.60 Å². The average Bonchev–Trinajstić information content (AvgIpc) is 2.41. The summed E-state index contributed by atoms with van der Waals surface area (Å²) in [6, 6.07) is 1.45. The van der Waals surface area contributed by atoms with Gasteiger partial charge in [0.05, 0.1) is 0 Å². The van der Waals surface area contributed by atoms with E-state index in [0.29, 0.717) is 24.5 Å². The molecule has 5 nitrogen and oxygen atoms in total. The van der Waals surface area contributed by atoms with Gasteiger partial charge in [-0.2, -0.15) is 0 Å². The number of alkyl carbamates (subject to hydrolysis) is 1. The molecule has 1 amide bonds. The van der Waals surface area contributed by atoms with E-state index in [1.165, 1.54) is 12.8 Å². The summed E-state index contributed by atoms with van der Waals surface area (Å²) in [5.41, 5.74) is -0.450. The zero-order chi connectivity index (χ0) is 17.6. The fourth-order valence-electron chi connectivity index (χ4n) is 2.88. The van der Waals surface area contributed by atoms with Crippen LogP contribution in [0.25, 0.3) is 0 Å². The molecule has 0 aromatic carbocycles. The van der Waals surface area contributed by atoms with E-state index in [4.69, 9.17) is 4.74 Å². The Morgan fingerprint density at radius 2 is 1.74 bits per heavy atom. The average molecular weight is 328 g/mol. The fraction of sp³-hybridized carbons (Fsp3) is 0.944. The SMILES string of the molecule is CC(C)C(CNC(=O)OC(C)(C)C)NC1CCN(C(C)C)CC1. The minimum Gasteiger partial charge on any atom is -0.444 e. The summed E-state index contributed by atoms with van der Waals surface area (Å²) in [5, 5.41) is 6.64. The lowest BCUT2D eigenvalue weighted by atomic mass is 9.98. The molecule has 2 N–H and O–H groups in total. The summed E-state index contributed by atoms with van der Waals surface area (Å²) in [6.45, 7) is 17.5. The van der Waals surface area contributed by atoms with Crippen LogP contribution in [0.1, 0.15) is 61.3 Å². The topological polar surface area (TPSA) is 53.6 Å². The summed E-state index contributed by atoms with van der Waals surface area (Å²) in [4.78, 5) is 14.4. The minimum atomic E-state index is -0.450. The molecule has 0 aliphatic carbocycles. The van der Waals surface area contributed by atoms with Gasteiger partial charge in [-0.1, -0.05) is 13.8 Å². The first kappa shape index (κ1) is 20.2. The molecule has 1 fully saturated rings. The van der Waals surface area contributed by atoms with E-state index in [9.17, 15) is 4.79 Å². The maximum atomic E-state index is 11.8. The molecule has 0 bridgehead atoms. The second kappa shape index (κ2) is 8.88. The molecule has 1 aliphatic heterocycles. The Labute approximate surface area is 142 Å². The van der Waals surface area contributed by atoms with Gasteiger partial charge in [-0.25, -0.2) is 4.79 Å². The van der Waals surface area contributed by atoms with Crippen LogP contribution in [-0.2, 0) is 4.74 Å². The van der Waals surface area contributed by atoms with E-state index in [2.05, 4.69) is 43.2 Å². The number of nitrogens with zero attached hydrogens (tertiary/aromatic N) is 1. The number of hydrogen-bond acceptors (Lipinski definition) is 4. The van der Waals surface area contributed by atoms with Gasteiger partial charge in [-0.05, 0) is 66.5 Å². The summed E-state index contributed by atoms with van der Waals surface area (Å²) < 4.78 is 5.31. The van der Waals surface area contributed by atoms with E-state index in [-0.39, 0.29) is 12.1 Å². The molecular weight excluding hydrogens is 290 g/mol. The first-order valence-corrected chi connectivity index (χ1v) is 9.05. The van der Waals surface area contributed by atoms with Gasteiger partial charge in [0.15, 0.2) is 0 Å². The highest BCUT2D eigenvalue weighted by Gasteiger charge is 2.25. The van der Waals surface area contributed by atoms with Crippen molar-refractivity contribution in [3.8, 4) is 0 Å². The number of carbonyl (C=O) groups excluding carboxylic acids is 1. The molecule has 1 rings (SSSR count). The zero-order valence-corrected chi connectivity index (χ0v) is 16.1. The molecule has 1 atom stereocenters. The molecular formula is C18H37N3O2. The second-order valence-corrected chi connectivity index (χ2v) is 8.30. The quantitative estimate of drug-likeness (QED) is 0.787. The lowest BCUT2D eigenvalue weighted by Gasteiger charge is -2.37. The number of carbonyl (C=O) groups is 1. The summed E-state index contributed by atoms with van der Waals surface area (Å²) >= 11 is 0. The highest BCUT2D eigenvalue weighted by Crippen LogP contribution is 2.15. The predicted molar refractivity (Wildman–Crippen MR) is 95.7 cm³/mol. The zero-order valence-electron chi connectivity index (χ0n) is 16.1. The predicted octanol–water partition coefficient (Wildman–Crippen LogP) is 3.00. The van der Waals surface area contributed by atoms with Gasteiger partial charge in [0.2, 0.25) is 0 Å². The lowest BCUT2D eigenvalue weighted by molar-refractivity contribution is 0.0516. The number of ether oxygens (including phenoxy) is 1. The second-order valence-electron chi connectivity index (χ2n) is 8.30. The smallest absolute Gasteiger partial charge is 0.407 e. The van der Waals surface area contributed by atoms with Crippen molar-refractivity contribution in [3.05, 3.63) is 0 Å². The Morgan fingerprint density at radius 1 is 1.17 bits per heavy atom. The van der Waals surface area contributed by atoms with Crippen molar-refractivity contribution >= 4 is 6.09 Å². The van der Waals surface area contributed by atoms with E-state index in [1.54, 1.807) is 0 Å². The molecule has 0 spiro atoms. The van der Waals surface area contributed by atoms with Crippen molar-refractivity contribution in [3.63, 3.8) is 0 Å². The third-order valence-electron chi connectivity index (χ3n) is 4.38. The first-order valence-electron chi connectivity index (χ1n) is 9.05. The van der Waals surface area contributed by atoms with Crippen LogP contribution in [0.3, 0.4) is 0 Å². The molecule has 0 saturated carbocycles. The highest BCUT2D eigenvalue weighted by molar-refractivity contribution is 5.67. The molecule has 136 valence electrons. The Morgan fingerprint density at radius 3 is 2.17 bits per heavy atom. The maximum Gasteiger partial charge on any atom is 0.407 e. The van der Waals surface area contributed by atoms with Crippen LogP contribution in [0.2, 0.25) is 0 Å². The van der Waals surface area contributed by atoms with Crippen molar-refractivity contribution < 1.29 is 9.53 Å². The molecule has 1 heterocycles. The number of nitrogens with one attached hydrogen (secondary N) is 2. The Hall–Kier alpha value is -0.810. The highest BCUT2D eigenvalue weighted by atomic mass is 16.6. The van der Waals surface area contributed by atoms with Crippen LogP contribution in [0.5, 0.6) is 0 Å². The largest absolute Gasteiger partial charge is 0.444 e. The Balaban J connectivity index is 2.40. The monoisotopic (exact) mass is 327 g/mol. The number of likely N-dealkylation sites (tertiary alicyclic amines) is 1. The van der Waals surface area contributed by atoms with Crippen molar-refractivity contribution in [2.45, 2.75) is 85.0 Å². The summed E-state index contributed by atoms with van der Waals surface area (Å²) in [6.07, 6.45) is 2.02. The normalized spacial score (nSPS) is 19.2. The first-order chi connectivity index (χ1) is 10.6. The van der Waals surface area contributed by atoms with Crippen molar-refractivity contribution in [1.29, 1.82) is 0 Å². The number of rotatable bonds is 6. The molecule has 0 aromatic heterocycles. The Bertz CT molecular complexity index is 356. The number of amides is 1. The molecule has 23 heavy (non-hydrogen) atoms. The molecule has 1 aliphatic rings. The van der Waals surface area contributed by atoms with Gasteiger partial charge in [-0.3, -0.25) is 0 Å². The van der Waals surface area contributed by atoms with Crippen molar-refractivity contribution in [2.24, 2.45) is 5.92 Å². The fourth-order valence-corrected chi connectivity index (χ4v) is 2.88. The lowest BCUT2D eigenvalue weighted by Crippen LogP contribution is -2.52. The molecule has 5 heteroatoms.